The maximum atomic E-state index is 14.6. The summed E-state index contributed by atoms with van der Waals surface area (Å²) < 4.78 is 19.5. The number of phenolic OH excluding ortho intramolecular Hbond substituents is 1. The topological polar surface area (TPSA) is 118 Å². The summed E-state index contributed by atoms with van der Waals surface area (Å²) in [4.78, 5) is 42.2. The number of carbonyl (C=O) groups excluding carboxylic acids is 3. The molecule has 3 aromatic rings. The van der Waals surface area contributed by atoms with Crippen LogP contribution in [0.3, 0.4) is 0 Å². The zero-order valence-corrected chi connectivity index (χ0v) is 19.7. The number of pyridine rings is 1. The van der Waals surface area contributed by atoms with Crippen LogP contribution in [0.1, 0.15) is 62.3 Å². The van der Waals surface area contributed by atoms with E-state index in [0.29, 0.717) is 11.1 Å². The fraction of sp³-hybridized carbons (Fsp3) is 0.259. The highest BCUT2D eigenvalue weighted by molar-refractivity contribution is 6.11. The van der Waals surface area contributed by atoms with Gasteiger partial charge >= 0.3 is 0 Å². The van der Waals surface area contributed by atoms with E-state index in [4.69, 9.17) is 4.74 Å². The minimum atomic E-state index is -0.957. The Balaban J connectivity index is 1.45. The van der Waals surface area contributed by atoms with E-state index >= 15 is 0 Å². The molecule has 2 atom stereocenters. The van der Waals surface area contributed by atoms with Gasteiger partial charge in [-0.05, 0) is 49.2 Å². The summed E-state index contributed by atoms with van der Waals surface area (Å²) in [5.74, 6) is -2.93. The summed E-state index contributed by atoms with van der Waals surface area (Å²) >= 11 is 0. The predicted molar refractivity (Wildman–Crippen MR) is 130 cm³/mol. The first kappa shape index (κ1) is 24.8. The summed E-state index contributed by atoms with van der Waals surface area (Å²) in [6.45, 7) is 0. The van der Waals surface area contributed by atoms with Crippen molar-refractivity contribution in [2.24, 2.45) is 0 Å². The Bertz CT molecular complexity index is 1260. The smallest absolute Gasteiger partial charge is 0.251 e. The zero-order chi connectivity index (χ0) is 25.7. The van der Waals surface area contributed by atoms with Crippen molar-refractivity contribution in [3.63, 3.8) is 0 Å². The van der Waals surface area contributed by atoms with Crippen LogP contribution in [0.4, 0.5) is 4.39 Å². The lowest BCUT2D eigenvalue weighted by atomic mass is 9.89. The minimum Gasteiger partial charge on any atom is -0.507 e. The normalized spacial score (nSPS) is 17.2. The number of nitrogens with one attached hydrogen (secondary N) is 2. The molecule has 0 bridgehead atoms. The Labute approximate surface area is 207 Å². The molecule has 186 valence electrons. The molecule has 4 rings (SSSR count). The molecule has 0 unspecified atom stereocenters. The third kappa shape index (κ3) is 5.35. The number of aromatic nitrogens is 1. The van der Waals surface area contributed by atoms with E-state index in [1.54, 1.807) is 24.5 Å². The van der Waals surface area contributed by atoms with E-state index in [0.717, 1.165) is 25.7 Å². The van der Waals surface area contributed by atoms with E-state index < -0.39 is 22.9 Å². The van der Waals surface area contributed by atoms with Gasteiger partial charge in [-0.25, -0.2) is 4.39 Å². The summed E-state index contributed by atoms with van der Waals surface area (Å²) in [5, 5.41) is 16.0. The fourth-order valence-electron chi connectivity index (χ4n) is 4.32. The lowest BCUT2D eigenvalue weighted by molar-refractivity contribution is 0.0862. The van der Waals surface area contributed by atoms with Crippen molar-refractivity contribution in [3.05, 3.63) is 89.0 Å². The average Bonchev–Trinajstić information content (AvgIpc) is 2.90. The Morgan fingerprint density at radius 2 is 1.39 bits per heavy atom. The lowest BCUT2D eigenvalue weighted by Crippen LogP contribution is -2.53. The second kappa shape index (κ2) is 11.0. The van der Waals surface area contributed by atoms with Gasteiger partial charge in [-0.15, -0.1) is 0 Å². The van der Waals surface area contributed by atoms with E-state index in [9.17, 15) is 23.9 Å². The van der Waals surface area contributed by atoms with Crippen LogP contribution in [-0.2, 0) is 0 Å². The predicted octanol–water partition coefficient (Wildman–Crippen LogP) is 3.64. The molecule has 2 aromatic carbocycles. The van der Waals surface area contributed by atoms with Gasteiger partial charge in [0.25, 0.3) is 11.8 Å². The number of amides is 2. The molecular weight excluding hydrogens is 465 g/mol. The minimum absolute atomic E-state index is 0.106. The van der Waals surface area contributed by atoms with Crippen LogP contribution in [0, 0.1) is 5.82 Å². The van der Waals surface area contributed by atoms with Crippen molar-refractivity contribution >= 4 is 17.6 Å². The standard InChI is InChI=1S/C27H26FN3O5/c1-36-22-11-10-21(32)23(24(22)28)25(33)16-6-8-17(9-7-16)26(34)30-19-4-2-3-5-20(19)31-27(35)18-12-14-29-15-13-18/h6-15,19-20,32H,2-5H2,1H3,(H,30,34)(H,31,35)/t19-,20-/m1/s1. The van der Waals surface area contributed by atoms with Crippen LogP contribution in [0.2, 0.25) is 0 Å². The number of ether oxygens (including phenoxy) is 1. The molecule has 3 N–H and O–H groups in total. The number of ketones is 1. The molecule has 1 saturated carbocycles. The lowest BCUT2D eigenvalue weighted by Gasteiger charge is -2.32. The Morgan fingerprint density at radius 1 is 0.861 bits per heavy atom. The van der Waals surface area contributed by atoms with Crippen LogP contribution in [0.15, 0.2) is 60.9 Å². The number of carbonyl (C=O) groups is 3. The number of rotatable bonds is 7. The first-order valence-electron chi connectivity index (χ1n) is 11.6. The molecule has 2 amide bonds. The van der Waals surface area contributed by atoms with Crippen molar-refractivity contribution < 1.29 is 28.6 Å². The molecule has 9 heteroatoms. The molecular formula is C27H26FN3O5. The van der Waals surface area contributed by atoms with Crippen LogP contribution >= 0.6 is 0 Å². The van der Waals surface area contributed by atoms with E-state index in [-0.39, 0.29) is 35.2 Å². The Morgan fingerprint density at radius 3 is 1.94 bits per heavy atom. The molecule has 36 heavy (non-hydrogen) atoms. The third-order valence-electron chi connectivity index (χ3n) is 6.28. The Kier molecular flexibility index (Phi) is 7.58. The molecule has 0 saturated heterocycles. The van der Waals surface area contributed by atoms with Gasteiger partial charge in [0.2, 0.25) is 0 Å². The first-order chi connectivity index (χ1) is 17.4. The van der Waals surface area contributed by atoms with Crippen molar-refractivity contribution in [2.75, 3.05) is 7.11 Å². The number of hydrogen-bond donors (Lipinski definition) is 3. The number of benzene rings is 2. The van der Waals surface area contributed by atoms with Gasteiger partial charge in [0.1, 0.15) is 11.3 Å². The molecule has 0 radical (unpaired) electrons. The van der Waals surface area contributed by atoms with Gasteiger partial charge in [0.05, 0.1) is 7.11 Å². The van der Waals surface area contributed by atoms with Crippen LogP contribution in [0.5, 0.6) is 11.5 Å². The molecule has 8 nitrogen and oxygen atoms in total. The summed E-state index contributed by atoms with van der Waals surface area (Å²) in [7, 11) is 1.26. The molecule has 0 spiro atoms. The van der Waals surface area contributed by atoms with Crippen LogP contribution < -0.4 is 15.4 Å². The monoisotopic (exact) mass is 491 g/mol. The molecule has 1 heterocycles. The first-order valence-corrected chi connectivity index (χ1v) is 11.6. The quantitative estimate of drug-likeness (QED) is 0.435. The highest BCUT2D eigenvalue weighted by Gasteiger charge is 2.29. The van der Waals surface area contributed by atoms with Crippen molar-refractivity contribution in [3.8, 4) is 11.5 Å². The molecule has 0 aliphatic heterocycles. The number of phenols is 1. The number of halogens is 1. The van der Waals surface area contributed by atoms with Gasteiger partial charge in [0.15, 0.2) is 17.3 Å². The second-order valence-corrected chi connectivity index (χ2v) is 8.56. The molecule has 1 fully saturated rings. The second-order valence-electron chi connectivity index (χ2n) is 8.56. The van der Waals surface area contributed by atoms with Crippen LogP contribution in [-0.4, -0.2) is 46.9 Å². The highest BCUT2D eigenvalue weighted by atomic mass is 19.1. The van der Waals surface area contributed by atoms with Gasteiger partial charge in [0, 0.05) is 41.2 Å². The van der Waals surface area contributed by atoms with Crippen LogP contribution in [0.25, 0.3) is 0 Å². The van der Waals surface area contributed by atoms with E-state index in [2.05, 4.69) is 15.6 Å². The molecule has 1 aliphatic carbocycles. The summed E-state index contributed by atoms with van der Waals surface area (Å²) in [6.07, 6.45) is 6.43. The summed E-state index contributed by atoms with van der Waals surface area (Å²) in [5.41, 5.74) is 0.418. The number of methoxy groups -OCH3 is 1. The molecule has 1 aliphatic rings. The van der Waals surface area contributed by atoms with Gasteiger partial charge in [-0.1, -0.05) is 25.0 Å². The Hall–Kier alpha value is -4.27. The van der Waals surface area contributed by atoms with Gasteiger partial charge < -0.3 is 20.5 Å². The fourth-order valence-corrected chi connectivity index (χ4v) is 4.32. The molecule has 1 aromatic heterocycles. The van der Waals surface area contributed by atoms with E-state index in [1.165, 1.54) is 43.5 Å². The van der Waals surface area contributed by atoms with Gasteiger partial charge in [-0.3, -0.25) is 19.4 Å². The average molecular weight is 492 g/mol. The van der Waals surface area contributed by atoms with E-state index in [1.807, 2.05) is 0 Å². The maximum Gasteiger partial charge on any atom is 0.251 e. The third-order valence-corrected chi connectivity index (χ3v) is 6.28. The summed E-state index contributed by atoms with van der Waals surface area (Å²) in [6, 6.07) is 10.9. The van der Waals surface area contributed by atoms with Crippen molar-refractivity contribution in [2.45, 2.75) is 37.8 Å². The maximum absolute atomic E-state index is 14.6. The van der Waals surface area contributed by atoms with Crippen molar-refractivity contribution in [1.82, 2.24) is 15.6 Å². The zero-order valence-electron chi connectivity index (χ0n) is 19.7. The largest absolute Gasteiger partial charge is 0.507 e. The number of hydrogen-bond acceptors (Lipinski definition) is 6. The van der Waals surface area contributed by atoms with Gasteiger partial charge in [-0.2, -0.15) is 0 Å². The number of nitrogens with zero attached hydrogens (tertiary/aromatic N) is 1. The van der Waals surface area contributed by atoms with Crippen molar-refractivity contribution in [1.29, 1.82) is 0 Å². The highest BCUT2D eigenvalue weighted by Crippen LogP contribution is 2.30. The number of aromatic hydroxyl groups is 1. The SMILES string of the molecule is COc1ccc(O)c(C(=O)c2ccc(C(=O)N[C@@H]3CCCC[C@H]3NC(=O)c3ccncc3)cc2)c1F.